The van der Waals surface area contributed by atoms with Crippen molar-refractivity contribution in [3.63, 3.8) is 0 Å². The molecule has 0 radical (unpaired) electrons. The molecule has 0 aliphatic carbocycles. The van der Waals surface area contributed by atoms with E-state index in [-0.39, 0.29) is 18.7 Å². The molecule has 154 valence electrons. The van der Waals surface area contributed by atoms with Crippen molar-refractivity contribution in [3.8, 4) is 11.5 Å². The SMILES string of the molecule is C[C@@]1(c2ccc3c(c2)OCO3)NC(=O)N(C[NH+]2CC=C(c3ccccc3)CC2)C1=O. The molecule has 1 unspecified atom stereocenters. The van der Waals surface area contributed by atoms with Crippen LogP contribution in [0.4, 0.5) is 4.79 Å². The first-order valence-corrected chi connectivity index (χ1v) is 10.2. The lowest BCUT2D eigenvalue weighted by Gasteiger charge is -2.27. The van der Waals surface area contributed by atoms with Gasteiger partial charge in [0.05, 0.1) is 13.1 Å². The maximum atomic E-state index is 13.2. The third-order valence-electron chi connectivity index (χ3n) is 6.14. The van der Waals surface area contributed by atoms with Crippen LogP contribution in [0.3, 0.4) is 0 Å². The van der Waals surface area contributed by atoms with Crippen molar-refractivity contribution in [2.75, 3.05) is 26.6 Å². The molecule has 0 saturated carbocycles. The Morgan fingerprint density at radius 1 is 1.10 bits per heavy atom. The van der Waals surface area contributed by atoms with E-state index in [1.54, 1.807) is 25.1 Å². The lowest BCUT2D eigenvalue weighted by atomic mass is 9.91. The number of carbonyl (C=O) groups is 2. The zero-order valence-corrected chi connectivity index (χ0v) is 16.8. The topological polar surface area (TPSA) is 72.3 Å². The molecule has 0 bridgehead atoms. The van der Waals surface area contributed by atoms with E-state index in [4.69, 9.17) is 9.47 Å². The van der Waals surface area contributed by atoms with Gasteiger partial charge in [0.1, 0.15) is 5.54 Å². The summed E-state index contributed by atoms with van der Waals surface area (Å²) in [6.07, 6.45) is 3.13. The van der Waals surface area contributed by atoms with Crippen LogP contribution in [0.25, 0.3) is 5.57 Å². The second-order valence-corrected chi connectivity index (χ2v) is 8.06. The van der Waals surface area contributed by atoms with Crippen molar-refractivity contribution < 1.29 is 24.0 Å². The number of hydrogen-bond donors (Lipinski definition) is 2. The molecule has 2 aromatic carbocycles. The van der Waals surface area contributed by atoms with Crippen LogP contribution in [0, 0.1) is 0 Å². The van der Waals surface area contributed by atoms with Crippen molar-refractivity contribution in [2.24, 2.45) is 0 Å². The average Bonchev–Trinajstić information content (AvgIpc) is 3.33. The molecule has 2 atom stereocenters. The number of nitrogens with one attached hydrogen (secondary N) is 2. The summed E-state index contributed by atoms with van der Waals surface area (Å²) in [4.78, 5) is 28.4. The van der Waals surface area contributed by atoms with Gasteiger partial charge >= 0.3 is 6.03 Å². The molecule has 0 spiro atoms. The maximum Gasteiger partial charge on any atom is 0.329 e. The predicted octanol–water partition coefficient (Wildman–Crippen LogP) is 1.51. The van der Waals surface area contributed by atoms with Gasteiger partial charge in [-0.05, 0) is 41.8 Å². The molecule has 3 heterocycles. The van der Waals surface area contributed by atoms with Crippen LogP contribution in [0.1, 0.15) is 24.5 Å². The molecule has 3 amide bonds. The van der Waals surface area contributed by atoms with E-state index in [0.717, 1.165) is 19.5 Å². The van der Waals surface area contributed by atoms with E-state index < -0.39 is 5.54 Å². The predicted molar refractivity (Wildman–Crippen MR) is 110 cm³/mol. The molecule has 1 fully saturated rings. The molecule has 7 heteroatoms. The van der Waals surface area contributed by atoms with Crippen molar-refractivity contribution in [1.82, 2.24) is 10.2 Å². The third-order valence-corrected chi connectivity index (χ3v) is 6.14. The largest absolute Gasteiger partial charge is 0.454 e. The van der Waals surface area contributed by atoms with Crippen molar-refractivity contribution >= 4 is 17.5 Å². The zero-order valence-electron chi connectivity index (χ0n) is 16.8. The Balaban J connectivity index is 1.30. The Morgan fingerprint density at radius 2 is 1.90 bits per heavy atom. The molecule has 7 nitrogen and oxygen atoms in total. The number of urea groups is 1. The number of nitrogens with zero attached hydrogens (tertiary/aromatic N) is 1. The standard InChI is InChI=1S/C23H23N3O4/c1-23(18-7-8-19-20(13-18)30-15-29-19)21(27)26(22(28)24-23)14-25-11-9-17(10-12-25)16-5-3-2-4-6-16/h2-9,13H,10-12,14-15H2,1H3,(H,24,28)/p+1/t23-/m0/s1. The second-order valence-electron chi connectivity index (χ2n) is 8.06. The highest BCUT2D eigenvalue weighted by molar-refractivity contribution is 6.07. The van der Waals surface area contributed by atoms with Crippen LogP contribution in [-0.4, -0.2) is 43.4 Å². The number of quaternary nitrogens is 1. The lowest BCUT2D eigenvalue weighted by molar-refractivity contribution is -0.902. The number of carbonyl (C=O) groups excluding carboxylic acids is 2. The highest BCUT2D eigenvalue weighted by atomic mass is 16.7. The number of rotatable bonds is 4. The molecule has 5 rings (SSSR count). The van der Waals surface area contributed by atoms with Crippen molar-refractivity contribution in [3.05, 3.63) is 65.7 Å². The fourth-order valence-electron chi connectivity index (χ4n) is 4.31. The Morgan fingerprint density at radius 3 is 2.67 bits per heavy atom. The second kappa shape index (κ2) is 7.18. The van der Waals surface area contributed by atoms with Crippen LogP contribution in [-0.2, 0) is 10.3 Å². The van der Waals surface area contributed by atoms with Gasteiger partial charge in [0.15, 0.2) is 18.2 Å². The minimum Gasteiger partial charge on any atom is -0.454 e. The summed E-state index contributed by atoms with van der Waals surface area (Å²) in [5.41, 5.74) is 2.13. The van der Waals surface area contributed by atoms with Gasteiger partial charge in [-0.2, -0.15) is 0 Å². The van der Waals surface area contributed by atoms with Crippen LogP contribution < -0.4 is 19.7 Å². The molecule has 0 aromatic heterocycles. The normalized spacial score (nSPS) is 25.3. The summed E-state index contributed by atoms with van der Waals surface area (Å²) >= 11 is 0. The average molecular weight is 406 g/mol. The first-order chi connectivity index (χ1) is 14.5. The van der Waals surface area contributed by atoms with Gasteiger partial charge in [-0.25, -0.2) is 9.69 Å². The van der Waals surface area contributed by atoms with E-state index in [9.17, 15) is 9.59 Å². The van der Waals surface area contributed by atoms with Gasteiger partial charge in [0, 0.05) is 6.42 Å². The van der Waals surface area contributed by atoms with Gasteiger partial charge in [0.25, 0.3) is 5.91 Å². The van der Waals surface area contributed by atoms with Crippen LogP contribution in [0.15, 0.2) is 54.6 Å². The summed E-state index contributed by atoms with van der Waals surface area (Å²) in [5.74, 6) is 1.00. The highest BCUT2D eigenvalue weighted by Crippen LogP contribution is 2.37. The van der Waals surface area contributed by atoms with Gasteiger partial charge < -0.3 is 19.7 Å². The number of fused-ring (bicyclic) bond motifs is 1. The number of benzene rings is 2. The van der Waals surface area contributed by atoms with Gasteiger partial charge in [0.2, 0.25) is 6.79 Å². The van der Waals surface area contributed by atoms with Gasteiger partial charge in [-0.3, -0.25) is 4.79 Å². The first kappa shape index (κ1) is 18.7. The summed E-state index contributed by atoms with van der Waals surface area (Å²) in [7, 11) is 0. The Kier molecular flexibility index (Phi) is 4.47. The van der Waals surface area contributed by atoms with Crippen molar-refractivity contribution in [2.45, 2.75) is 18.9 Å². The molecule has 3 aliphatic rings. The summed E-state index contributed by atoms with van der Waals surface area (Å²) in [6, 6.07) is 15.3. The van der Waals surface area contributed by atoms with E-state index >= 15 is 0 Å². The monoisotopic (exact) mass is 406 g/mol. The van der Waals surface area contributed by atoms with Crippen LogP contribution >= 0.6 is 0 Å². The smallest absolute Gasteiger partial charge is 0.329 e. The molecule has 3 aliphatic heterocycles. The Bertz CT molecular complexity index is 1040. The van der Waals surface area contributed by atoms with E-state index in [1.807, 2.05) is 18.2 Å². The molecular weight excluding hydrogens is 382 g/mol. The van der Waals surface area contributed by atoms with Gasteiger partial charge in [-0.1, -0.05) is 36.4 Å². The van der Waals surface area contributed by atoms with Gasteiger partial charge in [-0.15, -0.1) is 0 Å². The highest BCUT2D eigenvalue weighted by Gasteiger charge is 2.50. The lowest BCUT2D eigenvalue weighted by Crippen LogP contribution is -3.14. The number of ether oxygens (including phenoxy) is 2. The number of imide groups is 1. The summed E-state index contributed by atoms with van der Waals surface area (Å²) in [6.45, 7) is 3.91. The molecule has 30 heavy (non-hydrogen) atoms. The fraction of sp³-hybridized carbons (Fsp3) is 0.304. The Labute approximate surface area is 174 Å². The van der Waals surface area contributed by atoms with E-state index in [2.05, 4.69) is 23.5 Å². The summed E-state index contributed by atoms with van der Waals surface area (Å²) < 4.78 is 10.8. The number of amides is 3. The minimum atomic E-state index is -1.11. The zero-order chi connectivity index (χ0) is 20.7. The molecule has 2 aromatic rings. The van der Waals surface area contributed by atoms with Crippen LogP contribution in [0.5, 0.6) is 11.5 Å². The summed E-state index contributed by atoms with van der Waals surface area (Å²) in [5, 5.41) is 2.87. The Hall–Kier alpha value is -3.32. The fourth-order valence-corrected chi connectivity index (χ4v) is 4.31. The molecule has 2 N–H and O–H groups in total. The third kappa shape index (κ3) is 3.11. The number of hydrogen-bond acceptors (Lipinski definition) is 4. The van der Waals surface area contributed by atoms with Crippen molar-refractivity contribution in [1.29, 1.82) is 0 Å². The minimum absolute atomic E-state index is 0.165. The molecule has 1 saturated heterocycles. The van der Waals surface area contributed by atoms with Crippen LogP contribution in [0.2, 0.25) is 0 Å². The first-order valence-electron chi connectivity index (χ1n) is 10.2. The molecular formula is C23H24N3O4+. The maximum absolute atomic E-state index is 13.2. The van der Waals surface area contributed by atoms with E-state index in [1.165, 1.54) is 20.9 Å². The van der Waals surface area contributed by atoms with E-state index in [0.29, 0.717) is 23.7 Å². The quantitative estimate of drug-likeness (QED) is 0.756.